The first-order valence-electron chi connectivity index (χ1n) is 3.78. The van der Waals surface area contributed by atoms with Crippen LogP contribution in [0.2, 0.25) is 10.0 Å². The third-order valence-electron chi connectivity index (χ3n) is 1.45. The van der Waals surface area contributed by atoms with E-state index >= 15 is 0 Å². The van der Waals surface area contributed by atoms with Gasteiger partial charge in [-0.05, 0) is 31.3 Å². The molecule has 0 amide bonds. The Kier molecular flexibility index (Phi) is 3.97. The zero-order valence-electron chi connectivity index (χ0n) is 7.01. The van der Waals surface area contributed by atoms with Crippen molar-refractivity contribution in [3.63, 3.8) is 0 Å². The van der Waals surface area contributed by atoms with Crippen LogP contribution in [0.25, 0.3) is 0 Å². The van der Waals surface area contributed by atoms with Crippen LogP contribution >= 0.6 is 35.4 Å². The van der Waals surface area contributed by atoms with E-state index in [2.05, 4.69) is 0 Å². The zero-order valence-corrected chi connectivity index (χ0v) is 9.34. The van der Waals surface area contributed by atoms with Crippen LogP contribution in [-0.2, 0) is 4.74 Å². The molecule has 1 aromatic carbocycles. The first-order valence-corrected chi connectivity index (χ1v) is 4.94. The van der Waals surface area contributed by atoms with Crippen LogP contribution in [0.5, 0.6) is 0 Å². The average molecular weight is 235 g/mol. The summed E-state index contributed by atoms with van der Waals surface area (Å²) < 4.78 is 5.15. The highest BCUT2D eigenvalue weighted by atomic mass is 35.5. The second kappa shape index (κ2) is 4.80. The largest absolute Gasteiger partial charge is 0.483 e. The molecule has 1 aromatic rings. The third-order valence-corrected chi connectivity index (χ3v) is 2.60. The van der Waals surface area contributed by atoms with Gasteiger partial charge in [0.15, 0.2) is 5.05 Å². The zero-order chi connectivity index (χ0) is 9.84. The van der Waals surface area contributed by atoms with Crippen molar-refractivity contribution in [2.75, 3.05) is 6.61 Å². The maximum Gasteiger partial charge on any atom is 0.192 e. The smallest absolute Gasteiger partial charge is 0.192 e. The highest BCUT2D eigenvalue weighted by Crippen LogP contribution is 2.26. The number of rotatable bonds is 2. The molecule has 13 heavy (non-hydrogen) atoms. The van der Waals surface area contributed by atoms with Crippen molar-refractivity contribution in [2.24, 2.45) is 0 Å². The fourth-order valence-electron chi connectivity index (χ4n) is 0.870. The van der Waals surface area contributed by atoms with Gasteiger partial charge in [0.2, 0.25) is 0 Å². The van der Waals surface area contributed by atoms with Crippen LogP contribution < -0.4 is 0 Å². The van der Waals surface area contributed by atoms with Gasteiger partial charge in [-0.1, -0.05) is 29.3 Å². The van der Waals surface area contributed by atoms with Crippen LogP contribution in [0.3, 0.4) is 0 Å². The maximum absolute atomic E-state index is 5.92. The number of benzene rings is 1. The van der Waals surface area contributed by atoms with E-state index in [0.717, 1.165) is 0 Å². The van der Waals surface area contributed by atoms with Gasteiger partial charge in [-0.25, -0.2) is 0 Å². The fourth-order valence-corrected chi connectivity index (χ4v) is 1.60. The Bertz CT molecular complexity index is 325. The predicted octanol–water partition coefficient (Wildman–Crippen LogP) is 3.71. The number of ether oxygens (including phenoxy) is 1. The molecule has 4 heteroatoms. The Labute approximate surface area is 92.6 Å². The van der Waals surface area contributed by atoms with Gasteiger partial charge in [-0.15, -0.1) is 0 Å². The van der Waals surface area contributed by atoms with Crippen LogP contribution in [0.1, 0.15) is 12.5 Å². The summed E-state index contributed by atoms with van der Waals surface area (Å²) in [5.74, 6) is 0. The number of thiocarbonyl (C=S) groups is 1. The maximum atomic E-state index is 5.92. The van der Waals surface area contributed by atoms with Crippen molar-refractivity contribution in [2.45, 2.75) is 6.92 Å². The molecule has 0 aromatic heterocycles. The Hall–Kier alpha value is -0.310. The Balaban J connectivity index is 3.01. The molecule has 70 valence electrons. The SMILES string of the molecule is CCOC(=S)c1cccc(Cl)c1Cl. The van der Waals surface area contributed by atoms with Crippen molar-refractivity contribution in [3.05, 3.63) is 33.8 Å². The molecule has 0 bridgehead atoms. The molecule has 0 aliphatic rings. The second-order valence-corrected chi connectivity index (χ2v) is 3.48. The summed E-state index contributed by atoms with van der Waals surface area (Å²) in [4.78, 5) is 0. The molecule has 0 heterocycles. The summed E-state index contributed by atoms with van der Waals surface area (Å²) in [5, 5.41) is 1.32. The number of halogens is 2. The lowest BCUT2D eigenvalue weighted by molar-refractivity contribution is 0.337. The van der Waals surface area contributed by atoms with Gasteiger partial charge in [0.25, 0.3) is 0 Å². The molecule has 1 nitrogen and oxygen atoms in total. The highest BCUT2D eigenvalue weighted by molar-refractivity contribution is 7.80. The van der Waals surface area contributed by atoms with Gasteiger partial charge in [-0.3, -0.25) is 0 Å². The molecule has 0 fully saturated rings. The van der Waals surface area contributed by atoms with E-state index in [-0.39, 0.29) is 0 Å². The molecule has 1 rings (SSSR count). The lowest BCUT2D eigenvalue weighted by Crippen LogP contribution is -2.03. The van der Waals surface area contributed by atoms with E-state index in [0.29, 0.717) is 27.3 Å². The van der Waals surface area contributed by atoms with E-state index in [1.54, 1.807) is 18.2 Å². The van der Waals surface area contributed by atoms with Gasteiger partial charge in [0, 0.05) is 5.56 Å². The second-order valence-electron chi connectivity index (χ2n) is 2.32. The van der Waals surface area contributed by atoms with Gasteiger partial charge < -0.3 is 4.74 Å². The Morgan fingerprint density at radius 2 is 2.15 bits per heavy atom. The van der Waals surface area contributed by atoms with Crippen LogP contribution in [-0.4, -0.2) is 11.7 Å². The van der Waals surface area contributed by atoms with E-state index in [4.69, 9.17) is 40.2 Å². The van der Waals surface area contributed by atoms with Crippen molar-refractivity contribution in [1.29, 1.82) is 0 Å². The minimum atomic E-state index is 0.384. The van der Waals surface area contributed by atoms with Gasteiger partial charge >= 0.3 is 0 Å². The Morgan fingerprint density at radius 1 is 1.46 bits per heavy atom. The van der Waals surface area contributed by atoms with Crippen molar-refractivity contribution in [1.82, 2.24) is 0 Å². The molecular formula is C9H8Cl2OS. The van der Waals surface area contributed by atoms with E-state index in [1.807, 2.05) is 6.92 Å². The monoisotopic (exact) mass is 234 g/mol. The predicted molar refractivity (Wildman–Crippen MR) is 59.8 cm³/mol. The quantitative estimate of drug-likeness (QED) is 0.722. The molecule has 0 aliphatic carbocycles. The summed E-state index contributed by atoms with van der Waals surface area (Å²) >= 11 is 16.7. The molecule has 0 radical (unpaired) electrons. The highest BCUT2D eigenvalue weighted by Gasteiger charge is 2.09. The summed E-state index contributed by atoms with van der Waals surface area (Å²) in [7, 11) is 0. The van der Waals surface area contributed by atoms with E-state index in [9.17, 15) is 0 Å². The molecule has 0 unspecified atom stereocenters. The topological polar surface area (TPSA) is 9.23 Å². The first kappa shape index (κ1) is 10.8. The number of hydrogen-bond acceptors (Lipinski definition) is 2. The van der Waals surface area contributed by atoms with Crippen molar-refractivity contribution < 1.29 is 4.74 Å². The van der Waals surface area contributed by atoms with Crippen molar-refractivity contribution in [3.8, 4) is 0 Å². The third kappa shape index (κ3) is 2.56. The standard InChI is InChI=1S/C9H8Cl2OS/c1-2-12-9(13)6-4-3-5-7(10)8(6)11/h3-5H,2H2,1H3. The first-order chi connectivity index (χ1) is 6.16. The van der Waals surface area contributed by atoms with Crippen molar-refractivity contribution >= 4 is 40.5 Å². The average Bonchev–Trinajstić information content (AvgIpc) is 2.10. The summed E-state index contributed by atoms with van der Waals surface area (Å²) in [6.45, 7) is 2.40. The van der Waals surface area contributed by atoms with Gasteiger partial charge in [-0.2, -0.15) is 0 Å². The van der Waals surface area contributed by atoms with Crippen LogP contribution in [0, 0.1) is 0 Å². The lowest BCUT2D eigenvalue weighted by Gasteiger charge is -2.07. The molecule has 0 N–H and O–H groups in total. The number of hydrogen-bond donors (Lipinski definition) is 0. The van der Waals surface area contributed by atoms with Gasteiger partial charge in [0.05, 0.1) is 16.7 Å². The minimum absolute atomic E-state index is 0.384. The Morgan fingerprint density at radius 3 is 2.77 bits per heavy atom. The molecule has 0 atom stereocenters. The van der Waals surface area contributed by atoms with Gasteiger partial charge in [0.1, 0.15) is 0 Å². The van der Waals surface area contributed by atoms with Crippen LogP contribution in [0.4, 0.5) is 0 Å². The molecule has 0 saturated heterocycles. The molecular weight excluding hydrogens is 227 g/mol. The lowest BCUT2D eigenvalue weighted by atomic mass is 10.2. The normalized spacial score (nSPS) is 9.77. The van der Waals surface area contributed by atoms with E-state index < -0.39 is 0 Å². The van der Waals surface area contributed by atoms with E-state index in [1.165, 1.54) is 0 Å². The molecule has 0 saturated carbocycles. The summed E-state index contributed by atoms with van der Waals surface area (Å²) in [6, 6.07) is 5.28. The molecule has 0 aliphatic heterocycles. The fraction of sp³-hybridized carbons (Fsp3) is 0.222. The summed E-state index contributed by atoms with van der Waals surface area (Å²) in [6.07, 6.45) is 0. The minimum Gasteiger partial charge on any atom is -0.483 e. The van der Waals surface area contributed by atoms with Crippen LogP contribution in [0.15, 0.2) is 18.2 Å². The summed E-state index contributed by atoms with van der Waals surface area (Å²) in [5.41, 5.74) is 0.672. The molecule has 0 spiro atoms.